The molecule has 2 rings (SSSR count). The standard InChI is InChI=1S/C16H22F3NO/c1-11(20-10-12-6-8-13(21)9-7-12)14-4-2-3-5-15(14)16(17,18)19/h2-5,11-13,20-21H,6-10H2,1H3. The summed E-state index contributed by atoms with van der Waals surface area (Å²) in [6.45, 7) is 2.46. The highest BCUT2D eigenvalue weighted by Crippen LogP contribution is 2.34. The molecule has 1 aromatic rings. The summed E-state index contributed by atoms with van der Waals surface area (Å²) in [5, 5.41) is 12.7. The van der Waals surface area contributed by atoms with Crippen LogP contribution in [0.3, 0.4) is 0 Å². The van der Waals surface area contributed by atoms with Crippen molar-refractivity contribution in [2.75, 3.05) is 6.54 Å². The normalized spacial score (nSPS) is 24.8. The molecule has 0 bridgehead atoms. The van der Waals surface area contributed by atoms with Gasteiger partial charge in [0.15, 0.2) is 0 Å². The SMILES string of the molecule is CC(NCC1CCC(O)CC1)c1ccccc1C(F)(F)F. The highest BCUT2D eigenvalue weighted by molar-refractivity contribution is 5.32. The van der Waals surface area contributed by atoms with E-state index in [0.717, 1.165) is 31.7 Å². The molecule has 2 nitrogen and oxygen atoms in total. The number of halogens is 3. The first-order chi connectivity index (χ1) is 9.88. The average molecular weight is 301 g/mol. The van der Waals surface area contributed by atoms with E-state index in [-0.39, 0.29) is 12.1 Å². The van der Waals surface area contributed by atoms with Gasteiger partial charge in [-0.2, -0.15) is 13.2 Å². The van der Waals surface area contributed by atoms with Crippen molar-refractivity contribution in [1.29, 1.82) is 0 Å². The maximum atomic E-state index is 13.0. The lowest BCUT2D eigenvalue weighted by atomic mass is 9.87. The molecule has 1 atom stereocenters. The molecule has 2 N–H and O–H groups in total. The van der Waals surface area contributed by atoms with Gasteiger partial charge in [-0.15, -0.1) is 0 Å². The zero-order valence-electron chi connectivity index (χ0n) is 12.2. The van der Waals surface area contributed by atoms with Gasteiger partial charge in [0.2, 0.25) is 0 Å². The van der Waals surface area contributed by atoms with Gasteiger partial charge in [-0.05, 0) is 56.7 Å². The molecule has 1 unspecified atom stereocenters. The van der Waals surface area contributed by atoms with Crippen LogP contribution in [0.1, 0.15) is 49.8 Å². The Morgan fingerprint density at radius 2 is 1.81 bits per heavy atom. The number of nitrogens with one attached hydrogen (secondary N) is 1. The molecule has 1 saturated carbocycles. The molecule has 1 aliphatic carbocycles. The Kier molecular flexibility index (Phi) is 5.27. The smallest absolute Gasteiger partial charge is 0.393 e. The Morgan fingerprint density at radius 3 is 2.43 bits per heavy atom. The quantitative estimate of drug-likeness (QED) is 0.884. The van der Waals surface area contributed by atoms with Crippen LogP contribution in [0, 0.1) is 5.92 Å². The first kappa shape index (κ1) is 16.3. The summed E-state index contributed by atoms with van der Waals surface area (Å²) in [6, 6.07) is 5.38. The minimum atomic E-state index is -4.32. The molecule has 118 valence electrons. The lowest BCUT2D eigenvalue weighted by molar-refractivity contribution is -0.138. The third-order valence-electron chi connectivity index (χ3n) is 4.26. The van der Waals surface area contributed by atoms with E-state index in [1.54, 1.807) is 13.0 Å². The summed E-state index contributed by atoms with van der Waals surface area (Å²) in [4.78, 5) is 0. The molecule has 0 heterocycles. The minimum absolute atomic E-state index is 0.204. The molecule has 5 heteroatoms. The first-order valence-corrected chi connectivity index (χ1v) is 7.45. The van der Waals surface area contributed by atoms with E-state index in [1.807, 2.05) is 0 Å². The molecule has 1 aliphatic rings. The van der Waals surface area contributed by atoms with Crippen molar-refractivity contribution in [3.63, 3.8) is 0 Å². The number of benzene rings is 1. The Labute approximate surface area is 123 Å². The third-order valence-corrected chi connectivity index (χ3v) is 4.26. The molecular formula is C16H22F3NO. The number of aliphatic hydroxyl groups is 1. The van der Waals surface area contributed by atoms with Gasteiger partial charge in [-0.25, -0.2) is 0 Å². The molecule has 0 amide bonds. The lowest BCUT2D eigenvalue weighted by Crippen LogP contribution is -2.30. The monoisotopic (exact) mass is 301 g/mol. The summed E-state index contributed by atoms with van der Waals surface area (Å²) in [5.74, 6) is 0.439. The molecule has 0 radical (unpaired) electrons. The second-order valence-corrected chi connectivity index (χ2v) is 5.89. The Hall–Kier alpha value is -1.07. The molecule has 0 aromatic heterocycles. The van der Waals surface area contributed by atoms with Crippen molar-refractivity contribution >= 4 is 0 Å². The highest BCUT2D eigenvalue weighted by atomic mass is 19.4. The maximum Gasteiger partial charge on any atom is 0.416 e. The van der Waals surface area contributed by atoms with Crippen LogP contribution < -0.4 is 5.32 Å². The highest BCUT2D eigenvalue weighted by Gasteiger charge is 2.34. The number of rotatable bonds is 4. The topological polar surface area (TPSA) is 32.3 Å². The van der Waals surface area contributed by atoms with Gasteiger partial charge < -0.3 is 10.4 Å². The van der Waals surface area contributed by atoms with Crippen molar-refractivity contribution in [2.45, 2.75) is 50.9 Å². The molecule has 1 aromatic carbocycles. The molecule has 0 saturated heterocycles. The predicted octanol–water partition coefficient (Wildman–Crippen LogP) is 3.91. The summed E-state index contributed by atoms with van der Waals surface area (Å²) >= 11 is 0. The number of hydrogen-bond donors (Lipinski definition) is 2. The van der Waals surface area contributed by atoms with Crippen LogP contribution in [0.2, 0.25) is 0 Å². The van der Waals surface area contributed by atoms with Crippen LogP contribution in [0.25, 0.3) is 0 Å². The summed E-state index contributed by atoms with van der Waals surface area (Å²) in [7, 11) is 0. The lowest BCUT2D eigenvalue weighted by Gasteiger charge is -2.27. The predicted molar refractivity (Wildman–Crippen MR) is 75.8 cm³/mol. The van der Waals surface area contributed by atoms with Crippen LogP contribution in [-0.4, -0.2) is 17.8 Å². The molecule has 0 aliphatic heterocycles. The Morgan fingerprint density at radius 1 is 1.19 bits per heavy atom. The van der Waals surface area contributed by atoms with Crippen LogP contribution in [0.15, 0.2) is 24.3 Å². The van der Waals surface area contributed by atoms with Crippen LogP contribution in [-0.2, 0) is 6.18 Å². The Balaban J connectivity index is 1.96. The van der Waals surface area contributed by atoms with Crippen molar-refractivity contribution in [3.05, 3.63) is 35.4 Å². The number of hydrogen-bond acceptors (Lipinski definition) is 2. The van der Waals surface area contributed by atoms with Crippen molar-refractivity contribution in [3.8, 4) is 0 Å². The third kappa shape index (κ3) is 4.45. The zero-order chi connectivity index (χ0) is 15.5. The number of alkyl halides is 3. The minimum Gasteiger partial charge on any atom is -0.393 e. The maximum absolute atomic E-state index is 13.0. The van der Waals surface area contributed by atoms with E-state index in [2.05, 4.69) is 5.32 Å². The number of aliphatic hydroxyl groups excluding tert-OH is 1. The summed E-state index contributed by atoms with van der Waals surface area (Å²) in [6.07, 6.45) is -1.07. The van der Waals surface area contributed by atoms with Gasteiger partial charge in [0, 0.05) is 6.04 Å². The van der Waals surface area contributed by atoms with Crippen LogP contribution in [0.4, 0.5) is 13.2 Å². The van der Waals surface area contributed by atoms with E-state index >= 15 is 0 Å². The van der Waals surface area contributed by atoms with Crippen LogP contribution >= 0.6 is 0 Å². The van der Waals surface area contributed by atoms with Gasteiger partial charge in [0.1, 0.15) is 0 Å². The average Bonchev–Trinajstić information content (AvgIpc) is 2.45. The van der Waals surface area contributed by atoms with Crippen LogP contribution in [0.5, 0.6) is 0 Å². The van der Waals surface area contributed by atoms with E-state index in [4.69, 9.17) is 0 Å². The van der Waals surface area contributed by atoms with Crippen molar-refractivity contribution in [2.24, 2.45) is 5.92 Å². The van der Waals surface area contributed by atoms with Crippen molar-refractivity contribution < 1.29 is 18.3 Å². The second kappa shape index (κ2) is 6.79. The molecule has 0 spiro atoms. The first-order valence-electron chi connectivity index (χ1n) is 7.45. The van der Waals surface area contributed by atoms with Crippen molar-refractivity contribution in [1.82, 2.24) is 5.32 Å². The largest absolute Gasteiger partial charge is 0.416 e. The second-order valence-electron chi connectivity index (χ2n) is 5.89. The van der Waals surface area contributed by atoms with E-state index in [9.17, 15) is 18.3 Å². The van der Waals surface area contributed by atoms with Gasteiger partial charge >= 0.3 is 6.18 Å². The summed E-state index contributed by atoms with van der Waals surface area (Å²) in [5.41, 5.74) is -0.273. The van der Waals surface area contributed by atoms with Gasteiger partial charge in [0.05, 0.1) is 11.7 Å². The fraction of sp³-hybridized carbons (Fsp3) is 0.625. The molecular weight excluding hydrogens is 279 g/mol. The van der Waals surface area contributed by atoms with E-state index in [1.165, 1.54) is 12.1 Å². The summed E-state index contributed by atoms with van der Waals surface area (Å²) < 4.78 is 39.0. The molecule has 21 heavy (non-hydrogen) atoms. The van der Waals surface area contributed by atoms with Gasteiger partial charge in [-0.1, -0.05) is 18.2 Å². The zero-order valence-corrected chi connectivity index (χ0v) is 12.2. The van der Waals surface area contributed by atoms with E-state index < -0.39 is 11.7 Å². The van der Waals surface area contributed by atoms with E-state index in [0.29, 0.717) is 18.0 Å². The Bertz CT molecular complexity index is 453. The van der Waals surface area contributed by atoms with Gasteiger partial charge in [-0.3, -0.25) is 0 Å². The fourth-order valence-electron chi connectivity index (χ4n) is 2.94. The fourth-order valence-corrected chi connectivity index (χ4v) is 2.94. The van der Waals surface area contributed by atoms with Gasteiger partial charge in [0.25, 0.3) is 0 Å². The molecule has 1 fully saturated rings.